The van der Waals surface area contributed by atoms with Crippen LogP contribution in [0.15, 0.2) is 45.3 Å². The lowest BCUT2D eigenvalue weighted by Crippen LogP contribution is -2.12. The Balaban J connectivity index is 2.22. The van der Waals surface area contributed by atoms with Crippen LogP contribution in [0, 0.1) is 0 Å². The van der Waals surface area contributed by atoms with Gasteiger partial charge in [-0.15, -0.1) is 0 Å². The first-order valence-electron chi connectivity index (χ1n) is 6.04. The minimum Gasteiger partial charge on any atom is -0.495 e. The average Bonchev–Trinajstić information content (AvgIpc) is 2.50. The number of benzene rings is 2. The van der Waals surface area contributed by atoms with Crippen molar-refractivity contribution in [1.29, 1.82) is 0 Å². The quantitative estimate of drug-likeness (QED) is 0.601. The molecule has 0 aliphatic heterocycles. The fraction of sp³-hybridized carbons (Fsp3) is 0.133. The molecule has 0 saturated carbocycles. The van der Waals surface area contributed by atoms with E-state index in [0.29, 0.717) is 17.0 Å². The van der Waals surface area contributed by atoms with Gasteiger partial charge in [0.25, 0.3) is 5.91 Å². The molecule has 0 atom stereocenters. The lowest BCUT2D eigenvalue weighted by Gasteiger charge is -2.11. The van der Waals surface area contributed by atoms with Gasteiger partial charge in [0.15, 0.2) is 0 Å². The third-order valence-corrected chi connectivity index (χ3v) is 4.78. The van der Waals surface area contributed by atoms with Crippen LogP contribution in [0.5, 0.6) is 5.75 Å². The van der Waals surface area contributed by atoms with Crippen molar-refractivity contribution in [3.63, 3.8) is 0 Å². The molecule has 0 aliphatic rings. The molecule has 0 aromatic heterocycles. The minimum atomic E-state index is -0.166. The van der Waals surface area contributed by atoms with Gasteiger partial charge < -0.3 is 10.1 Å². The highest BCUT2D eigenvalue weighted by Crippen LogP contribution is 2.34. The maximum absolute atomic E-state index is 12.3. The van der Waals surface area contributed by atoms with E-state index in [1.165, 1.54) is 0 Å². The number of carbonyl (C=O) groups excluding carboxylic acids is 1. The van der Waals surface area contributed by atoms with Crippen molar-refractivity contribution in [1.82, 2.24) is 0 Å². The first kappa shape index (κ1) is 16.5. The summed E-state index contributed by atoms with van der Waals surface area (Å²) in [6.07, 6.45) is 0. The van der Waals surface area contributed by atoms with Gasteiger partial charge in [-0.3, -0.25) is 4.79 Å². The number of amides is 1. The average molecular weight is 478 g/mol. The van der Waals surface area contributed by atoms with Gasteiger partial charge in [0.05, 0.1) is 17.3 Å². The van der Waals surface area contributed by atoms with Crippen molar-refractivity contribution < 1.29 is 9.53 Å². The standard InChI is InChI=1S/C15H12Br3NO2/c1-21-14-7-13(11(17)6-12(14)18)19-15(20)10-4-2-9(8-16)3-5-10/h2-7H,8H2,1H3,(H,19,20). The van der Waals surface area contributed by atoms with Crippen molar-refractivity contribution in [2.24, 2.45) is 0 Å². The molecule has 2 rings (SSSR count). The largest absolute Gasteiger partial charge is 0.495 e. The Hall–Kier alpha value is -0.850. The summed E-state index contributed by atoms with van der Waals surface area (Å²) in [7, 11) is 1.58. The van der Waals surface area contributed by atoms with Gasteiger partial charge in [0, 0.05) is 21.4 Å². The fourth-order valence-corrected chi connectivity index (χ4v) is 3.35. The molecular weight excluding hydrogens is 466 g/mol. The number of carbonyl (C=O) groups is 1. The lowest BCUT2D eigenvalue weighted by atomic mass is 10.1. The van der Waals surface area contributed by atoms with Crippen LogP contribution in [0.2, 0.25) is 0 Å². The zero-order valence-corrected chi connectivity index (χ0v) is 15.9. The normalized spacial score (nSPS) is 10.3. The third-order valence-electron chi connectivity index (χ3n) is 2.86. The highest BCUT2D eigenvalue weighted by molar-refractivity contribution is 9.11. The van der Waals surface area contributed by atoms with Crippen molar-refractivity contribution in [3.05, 3.63) is 56.5 Å². The molecule has 1 N–H and O–H groups in total. The number of ether oxygens (including phenoxy) is 1. The summed E-state index contributed by atoms with van der Waals surface area (Å²) in [5.74, 6) is 0.490. The number of methoxy groups -OCH3 is 1. The van der Waals surface area contributed by atoms with Gasteiger partial charge in [-0.25, -0.2) is 0 Å². The lowest BCUT2D eigenvalue weighted by molar-refractivity contribution is 0.102. The molecule has 0 radical (unpaired) electrons. The first-order chi connectivity index (χ1) is 10.0. The Kier molecular flexibility index (Phi) is 5.84. The van der Waals surface area contributed by atoms with Crippen molar-refractivity contribution in [3.8, 4) is 5.75 Å². The Morgan fingerprint density at radius 3 is 2.38 bits per heavy atom. The van der Waals surface area contributed by atoms with Crippen LogP contribution in [0.1, 0.15) is 15.9 Å². The number of anilines is 1. The molecule has 110 valence electrons. The minimum absolute atomic E-state index is 0.166. The molecule has 0 spiro atoms. The Bertz CT molecular complexity index is 657. The summed E-state index contributed by atoms with van der Waals surface area (Å²) in [5.41, 5.74) is 2.39. The predicted octanol–water partition coefficient (Wildman–Crippen LogP) is 5.37. The molecule has 0 bridgehead atoms. The SMILES string of the molecule is COc1cc(NC(=O)c2ccc(CBr)cc2)c(Br)cc1Br. The van der Waals surface area contributed by atoms with Crippen LogP contribution in [-0.4, -0.2) is 13.0 Å². The van der Waals surface area contributed by atoms with Crippen LogP contribution >= 0.6 is 47.8 Å². The molecule has 0 aliphatic carbocycles. The van der Waals surface area contributed by atoms with Crippen LogP contribution in [-0.2, 0) is 5.33 Å². The molecular formula is C15H12Br3NO2. The van der Waals surface area contributed by atoms with E-state index in [-0.39, 0.29) is 5.91 Å². The van der Waals surface area contributed by atoms with E-state index in [0.717, 1.165) is 19.8 Å². The molecule has 0 unspecified atom stereocenters. The van der Waals surface area contributed by atoms with Gasteiger partial charge in [-0.1, -0.05) is 28.1 Å². The Labute approximate surface area is 148 Å². The van der Waals surface area contributed by atoms with E-state index in [1.807, 2.05) is 18.2 Å². The second-order valence-corrected chi connectivity index (χ2v) is 6.52. The summed E-state index contributed by atoms with van der Waals surface area (Å²) in [6.45, 7) is 0. The smallest absolute Gasteiger partial charge is 0.255 e. The number of nitrogens with one attached hydrogen (secondary N) is 1. The monoisotopic (exact) mass is 475 g/mol. The Morgan fingerprint density at radius 1 is 1.14 bits per heavy atom. The van der Waals surface area contributed by atoms with Crippen LogP contribution in [0.4, 0.5) is 5.69 Å². The first-order valence-corrected chi connectivity index (χ1v) is 8.75. The molecule has 1 amide bonds. The van der Waals surface area contributed by atoms with E-state index >= 15 is 0 Å². The van der Waals surface area contributed by atoms with Gasteiger partial charge in [0.2, 0.25) is 0 Å². The van der Waals surface area contributed by atoms with Crippen LogP contribution in [0.3, 0.4) is 0 Å². The maximum atomic E-state index is 12.3. The van der Waals surface area contributed by atoms with Crippen molar-refractivity contribution in [2.45, 2.75) is 5.33 Å². The van der Waals surface area contributed by atoms with E-state index in [4.69, 9.17) is 4.74 Å². The van der Waals surface area contributed by atoms with E-state index in [2.05, 4.69) is 53.1 Å². The summed E-state index contributed by atoms with van der Waals surface area (Å²) >= 11 is 10.2. The summed E-state index contributed by atoms with van der Waals surface area (Å²) in [5, 5.41) is 3.64. The zero-order chi connectivity index (χ0) is 15.4. The second kappa shape index (κ2) is 7.42. The van der Waals surface area contributed by atoms with E-state index in [9.17, 15) is 4.79 Å². The highest BCUT2D eigenvalue weighted by Gasteiger charge is 2.11. The molecule has 0 saturated heterocycles. The number of rotatable bonds is 4. The van der Waals surface area contributed by atoms with E-state index in [1.54, 1.807) is 25.3 Å². The van der Waals surface area contributed by atoms with Crippen molar-refractivity contribution in [2.75, 3.05) is 12.4 Å². The zero-order valence-electron chi connectivity index (χ0n) is 11.1. The molecule has 0 fully saturated rings. The van der Waals surface area contributed by atoms with Crippen LogP contribution in [0.25, 0.3) is 0 Å². The number of hydrogen-bond acceptors (Lipinski definition) is 2. The van der Waals surface area contributed by atoms with Gasteiger partial charge >= 0.3 is 0 Å². The Morgan fingerprint density at radius 2 is 1.81 bits per heavy atom. The predicted molar refractivity (Wildman–Crippen MR) is 95.4 cm³/mol. The van der Waals surface area contributed by atoms with E-state index < -0.39 is 0 Å². The van der Waals surface area contributed by atoms with Gasteiger partial charge in [-0.2, -0.15) is 0 Å². The van der Waals surface area contributed by atoms with Gasteiger partial charge in [0.1, 0.15) is 5.75 Å². The molecule has 3 nitrogen and oxygen atoms in total. The molecule has 2 aromatic rings. The summed E-state index contributed by atoms with van der Waals surface area (Å²) < 4.78 is 6.83. The topological polar surface area (TPSA) is 38.3 Å². The number of hydrogen-bond donors (Lipinski definition) is 1. The third kappa shape index (κ3) is 4.08. The number of halogens is 3. The fourth-order valence-electron chi connectivity index (χ4n) is 1.72. The summed E-state index contributed by atoms with van der Waals surface area (Å²) in [6, 6.07) is 11.0. The molecule has 0 heterocycles. The van der Waals surface area contributed by atoms with Gasteiger partial charge in [-0.05, 0) is 55.6 Å². The van der Waals surface area contributed by atoms with Crippen LogP contribution < -0.4 is 10.1 Å². The molecule has 2 aromatic carbocycles. The molecule has 6 heteroatoms. The molecule has 21 heavy (non-hydrogen) atoms. The highest BCUT2D eigenvalue weighted by atomic mass is 79.9. The number of alkyl halides is 1. The second-order valence-electron chi connectivity index (χ2n) is 4.25. The summed E-state index contributed by atoms with van der Waals surface area (Å²) in [4.78, 5) is 12.3. The maximum Gasteiger partial charge on any atom is 0.255 e. The van der Waals surface area contributed by atoms with Crippen molar-refractivity contribution >= 4 is 59.4 Å².